The van der Waals surface area contributed by atoms with Crippen molar-refractivity contribution in [3.63, 3.8) is 0 Å². The molecule has 214 valence electrons. The zero-order valence-corrected chi connectivity index (χ0v) is 26.1. The molecule has 0 spiro atoms. The van der Waals surface area contributed by atoms with Gasteiger partial charge in [-0.15, -0.1) is 0 Å². The lowest BCUT2D eigenvalue weighted by molar-refractivity contribution is 0.195. The van der Waals surface area contributed by atoms with Crippen molar-refractivity contribution in [2.45, 2.75) is 69.7 Å². The molecule has 44 heavy (non-hydrogen) atoms. The van der Waals surface area contributed by atoms with Gasteiger partial charge < -0.3 is 9.88 Å². The molecule has 1 saturated carbocycles. The van der Waals surface area contributed by atoms with Crippen LogP contribution in [0.2, 0.25) is 0 Å². The highest BCUT2D eigenvalue weighted by Gasteiger charge is 2.59. The molecule has 0 saturated heterocycles. The fourth-order valence-electron chi connectivity index (χ4n) is 10.1. The average molecular weight is 569 g/mol. The number of nitrogens with one attached hydrogen (secondary N) is 1. The molecule has 0 bridgehead atoms. The van der Waals surface area contributed by atoms with Crippen LogP contribution in [0, 0.1) is 0 Å². The largest absolute Gasteiger partial charge is 0.357 e. The molecular formula is C41H37BN2. The molecule has 2 atom stereocenters. The van der Waals surface area contributed by atoms with Crippen molar-refractivity contribution in [3.8, 4) is 22.3 Å². The summed E-state index contributed by atoms with van der Waals surface area (Å²) in [6.07, 6.45) is 5.09. The molecule has 3 heterocycles. The van der Waals surface area contributed by atoms with Gasteiger partial charge in [0.2, 0.25) is 0 Å². The highest BCUT2D eigenvalue weighted by atomic mass is 15.3. The lowest BCUT2D eigenvalue weighted by Crippen LogP contribution is -2.57. The monoisotopic (exact) mass is 568 g/mol. The van der Waals surface area contributed by atoms with Gasteiger partial charge in [0, 0.05) is 49.8 Å². The second-order valence-electron chi connectivity index (χ2n) is 14.9. The van der Waals surface area contributed by atoms with Gasteiger partial charge in [0.25, 0.3) is 0 Å². The minimum absolute atomic E-state index is 0.0492. The van der Waals surface area contributed by atoms with E-state index in [0.29, 0.717) is 0 Å². The summed E-state index contributed by atoms with van der Waals surface area (Å²) in [6.45, 7) is 9.87. The van der Waals surface area contributed by atoms with Crippen LogP contribution in [0.5, 0.6) is 0 Å². The number of aromatic amines is 1. The van der Waals surface area contributed by atoms with E-state index in [1.165, 1.54) is 103 Å². The fourth-order valence-corrected chi connectivity index (χ4v) is 10.1. The first-order valence-electron chi connectivity index (χ1n) is 16.6. The topological polar surface area (TPSA) is 19.0 Å². The van der Waals surface area contributed by atoms with Gasteiger partial charge in [-0.05, 0) is 58.9 Å². The number of anilines is 2. The van der Waals surface area contributed by atoms with E-state index in [2.05, 4.69) is 129 Å². The van der Waals surface area contributed by atoms with E-state index in [0.717, 1.165) is 7.28 Å². The van der Waals surface area contributed by atoms with Crippen LogP contribution in [-0.4, -0.2) is 17.8 Å². The molecule has 1 aromatic heterocycles. The number of hydrogen-bond acceptors (Lipinski definition) is 1. The molecule has 1 N–H and O–H groups in total. The summed E-state index contributed by atoms with van der Waals surface area (Å²) < 4.78 is 0. The molecule has 0 radical (unpaired) electrons. The Morgan fingerprint density at radius 2 is 1.41 bits per heavy atom. The highest BCUT2D eigenvalue weighted by molar-refractivity contribution is 6.74. The quantitative estimate of drug-likeness (QED) is 0.197. The third-order valence-electron chi connectivity index (χ3n) is 12.5. The lowest BCUT2D eigenvalue weighted by atomic mass is 9.57. The van der Waals surface area contributed by atoms with Crippen LogP contribution in [0.3, 0.4) is 0 Å². The fraction of sp³-hybridized carbons (Fsp3) is 0.268. The van der Waals surface area contributed by atoms with Gasteiger partial charge in [-0.2, -0.15) is 0 Å². The number of H-pyrrole nitrogens is 1. The normalized spacial score (nSPS) is 23.6. The van der Waals surface area contributed by atoms with Crippen molar-refractivity contribution in [2.75, 3.05) is 4.90 Å². The minimum atomic E-state index is -0.0596. The Labute approximate surface area is 260 Å². The molecule has 10 rings (SSSR count). The van der Waals surface area contributed by atoms with Crippen LogP contribution in [0.15, 0.2) is 91.0 Å². The minimum Gasteiger partial charge on any atom is -0.357 e. The zero-order valence-electron chi connectivity index (χ0n) is 26.1. The number of benzene rings is 5. The van der Waals surface area contributed by atoms with Crippen LogP contribution < -0.4 is 15.8 Å². The van der Waals surface area contributed by atoms with E-state index in [4.69, 9.17) is 0 Å². The number of rotatable bonds is 1. The molecule has 3 heteroatoms. The first-order valence-corrected chi connectivity index (χ1v) is 16.6. The van der Waals surface area contributed by atoms with Crippen molar-refractivity contribution in [1.29, 1.82) is 0 Å². The van der Waals surface area contributed by atoms with Gasteiger partial charge in [0.1, 0.15) is 0 Å². The van der Waals surface area contributed by atoms with Gasteiger partial charge in [-0.25, -0.2) is 0 Å². The Morgan fingerprint density at radius 1 is 0.682 bits per heavy atom. The van der Waals surface area contributed by atoms with Crippen LogP contribution in [0.25, 0.3) is 43.9 Å². The van der Waals surface area contributed by atoms with E-state index in [1.54, 1.807) is 5.56 Å². The Hall–Kier alpha value is -4.24. The van der Waals surface area contributed by atoms with Gasteiger partial charge in [0.15, 0.2) is 7.28 Å². The van der Waals surface area contributed by atoms with Gasteiger partial charge in [-0.1, -0.05) is 124 Å². The smallest absolute Gasteiger partial charge is 0.198 e. The summed E-state index contributed by atoms with van der Waals surface area (Å²) in [4.78, 5) is 6.88. The summed E-state index contributed by atoms with van der Waals surface area (Å²) in [5.74, 6) is 0. The Morgan fingerprint density at radius 3 is 2.32 bits per heavy atom. The Bertz CT molecular complexity index is 2240. The number of para-hydroxylation sites is 2. The van der Waals surface area contributed by atoms with Gasteiger partial charge in [0.05, 0.1) is 11.1 Å². The van der Waals surface area contributed by atoms with Crippen molar-refractivity contribution < 1.29 is 0 Å². The van der Waals surface area contributed by atoms with Crippen molar-refractivity contribution in [2.24, 2.45) is 0 Å². The predicted molar refractivity (Wildman–Crippen MR) is 188 cm³/mol. The maximum atomic E-state index is 4.04. The SMILES string of the molecule is CC1(C)c2ccccc2-c2c1[nH]c1c(-c3cc4ccccc4c4c3Bc3cccc5c3N4C3(C)CCCCC53C)cccc21. The molecule has 1 fully saturated rings. The second kappa shape index (κ2) is 8.07. The molecule has 2 nitrogen and oxygen atoms in total. The van der Waals surface area contributed by atoms with E-state index in [9.17, 15) is 0 Å². The highest BCUT2D eigenvalue weighted by Crippen LogP contribution is 2.61. The third kappa shape index (κ3) is 2.77. The van der Waals surface area contributed by atoms with E-state index >= 15 is 0 Å². The average Bonchev–Trinajstić information content (AvgIpc) is 3.61. The maximum absolute atomic E-state index is 4.04. The van der Waals surface area contributed by atoms with Crippen LogP contribution in [0.4, 0.5) is 11.4 Å². The molecular weight excluding hydrogens is 531 g/mol. The summed E-state index contributed by atoms with van der Waals surface area (Å²) in [6, 6.07) is 34.8. The number of aromatic nitrogens is 1. The van der Waals surface area contributed by atoms with E-state index < -0.39 is 0 Å². The van der Waals surface area contributed by atoms with Gasteiger partial charge >= 0.3 is 0 Å². The van der Waals surface area contributed by atoms with Crippen LogP contribution in [0.1, 0.15) is 70.2 Å². The van der Waals surface area contributed by atoms with Crippen LogP contribution in [-0.2, 0) is 10.8 Å². The molecule has 2 unspecified atom stereocenters. The molecule has 6 aromatic rings. The lowest BCUT2D eigenvalue weighted by Gasteiger charge is -2.51. The zero-order chi connectivity index (χ0) is 29.6. The van der Waals surface area contributed by atoms with E-state index in [-0.39, 0.29) is 16.4 Å². The standard InChI is InChI=1S/C41H37BN2/c1-39(2)30-18-8-7-15-27(30)33-28-17-11-16-26(35(28)43-38(33)39)29-23-24-13-5-6-14-25(24)36-34(29)42-32-20-12-19-31-37(32)44(36)41(4)22-10-9-21-40(31,41)3/h5-8,11-20,23,42-43H,9-10,21-22H2,1-4H3. The van der Waals surface area contributed by atoms with Crippen molar-refractivity contribution >= 4 is 51.3 Å². The summed E-state index contributed by atoms with van der Waals surface area (Å²) in [5.41, 5.74) is 17.1. The van der Waals surface area contributed by atoms with Gasteiger partial charge in [-0.3, -0.25) is 0 Å². The molecule has 2 aliphatic heterocycles. The molecule has 5 aromatic carbocycles. The number of hydrogen-bond donors (Lipinski definition) is 1. The third-order valence-corrected chi connectivity index (χ3v) is 12.5. The first-order chi connectivity index (χ1) is 21.3. The predicted octanol–water partition coefficient (Wildman–Crippen LogP) is 8.74. The Balaban J connectivity index is 1.30. The molecule has 4 aliphatic rings. The number of nitrogens with zero attached hydrogens (tertiary/aromatic N) is 1. The summed E-state index contributed by atoms with van der Waals surface area (Å²) in [5, 5.41) is 4.06. The summed E-state index contributed by atoms with van der Waals surface area (Å²) >= 11 is 0. The molecule has 0 amide bonds. The second-order valence-corrected chi connectivity index (χ2v) is 14.9. The van der Waals surface area contributed by atoms with Crippen molar-refractivity contribution in [1.82, 2.24) is 4.98 Å². The summed E-state index contributed by atoms with van der Waals surface area (Å²) in [7, 11) is 0.965. The van der Waals surface area contributed by atoms with E-state index in [1.807, 2.05) is 0 Å². The van der Waals surface area contributed by atoms with Crippen molar-refractivity contribution in [3.05, 3.63) is 108 Å². The number of fused-ring (bicyclic) bond motifs is 12. The molecule has 2 aliphatic carbocycles. The maximum Gasteiger partial charge on any atom is 0.198 e. The van der Waals surface area contributed by atoms with Crippen LogP contribution >= 0.6 is 0 Å². The Kier molecular flexibility index (Phi) is 4.61. The first kappa shape index (κ1) is 25.1.